The summed E-state index contributed by atoms with van der Waals surface area (Å²) in [6.45, 7) is 1.51. The van der Waals surface area contributed by atoms with E-state index in [1.54, 1.807) is 0 Å². The van der Waals surface area contributed by atoms with Gasteiger partial charge in [-0.2, -0.15) is 5.10 Å². The quantitative estimate of drug-likeness (QED) is 0.893. The van der Waals surface area contributed by atoms with E-state index in [4.69, 9.17) is 16.7 Å². The van der Waals surface area contributed by atoms with Crippen molar-refractivity contribution in [3.8, 4) is 0 Å². The molecule has 0 spiro atoms. The van der Waals surface area contributed by atoms with E-state index in [1.807, 2.05) is 29.1 Å². The molecule has 1 aromatic heterocycles. The van der Waals surface area contributed by atoms with Crippen molar-refractivity contribution in [2.24, 2.45) is 0 Å². The second-order valence-electron chi connectivity index (χ2n) is 5.45. The van der Waals surface area contributed by atoms with Crippen molar-refractivity contribution in [2.45, 2.75) is 38.4 Å². The van der Waals surface area contributed by atoms with E-state index in [2.05, 4.69) is 16.5 Å². The number of halogens is 1. The molecule has 112 valence electrons. The second-order valence-corrected chi connectivity index (χ2v) is 5.89. The summed E-state index contributed by atoms with van der Waals surface area (Å²) in [4.78, 5) is 0. The third kappa shape index (κ3) is 3.28. The maximum absolute atomic E-state index is 9.09. The van der Waals surface area contributed by atoms with Gasteiger partial charge in [-0.25, -0.2) is 0 Å². The molecular formula is C16H20ClN3O. The molecule has 5 heteroatoms. The lowest BCUT2D eigenvalue weighted by Crippen LogP contribution is -2.25. The van der Waals surface area contributed by atoms with Crippen LogP contribution in [0.1, 0.15) is 35.7 Å². The average Bonchev–Trinajstić information content (AvgIpc) is 2.90. The fraction of sp³-hybridized carbons (Fsp3) is 0.438. The van der Waals surface area contributed by atoms with Crippen LogP contribution in [0.15, 0.2) is 30.5 Å². The monoisotopic (exact) mass is 305 g/mol. The van der Waals surface area contributed by atoms with Crippen LogP contribution in [0.4, 0.5) is 0 Å². The highest BCUT2D eigenvalue weighted by molar-refractivity contribution is 6.30. The SMILES string of the molecule is OCCn1ncc2c1CCCC2NCc1cccc(Cl)c1. The lowest BCUT2D eigenvalue weighted by molar-refractivity contribution is 0.266. The molecule has 1 unspecified atom stereocenters. The maximum atomic E-state index is 9.09. The zero-order chi connectivity index (χ0) is 14.7. The Hall–Kier alpha value is -1.36. The number of hydrogen-bond donors (Lipinski definition) is 2. The van der Waals surface area contributed by atoms with Crippen LogP contribution in [0, 0.1) is 0 Å². The molecule has 0 radical (unpaired) electrons. The molecular weight excluding hydrogens is 286 g/mol. The van der Waals surface area contributed by atoms with Crippen LogP contribution in [-0.4, -0.2) is 21.5 Å². The normalized spacial score (nSPS) is 17.7. The summed E-state index contributed by atoms with van der Waals surface area (Å²) < 4.78 is 1.93. The standard InChI is InChI=1S/C16H20ClN3O/c17-13-4-1-3-12(9-13)10-18-15-5-2-6-16-14(15)11-19-20(16)7-8-21/h1,3-4,9,11,15,18,21H,2,5-8,10H2. The first kappa shape index (κ1) is 14.6. The Bertz CT molecular complexity index is 611. The Morgan fingerprint density at radius 3 is 3.14 bits per heavy atom. The first-order valence-electron chi connectivity index (χ1n) is 7.41. The van der Waals surface area contributed by atoms with Gasteiger partial charge in [0.2, 0.25) is 0 Å². The molecule has 0 aliphatic heterocycles. The van der Waals surface area contributed by atoms with Gasteiger partial charge in [-0.3, -0.25) is 4.68 Å². The van der Waals surface area contributed by atoms with Crippen LogP contribution in [-0.2, 0) is 19.5 Å². The van der Waals surface area contributed by atoms with Crippen molar-refractivity contribution in [1.82, 2.24) is 15.1 Å². The summed E-state index contributed by atoms with van der Waals surface area (Å²) in [5, 5.41) is 17.9. The Kier molecular flexibility index (Phi) is 4.58. The molecule has 2 N–H and O–H groups in total. The summed E-state index contributed by atoms with van der Waals surface area (Å²) in [7, 11) is 0. The highest BCUT2D eigenvalue weighted by Crippen LogP contribution is 2.29. The number of fused-ring (bicyclic) bond motifs is 1. The first-order valence-corrected chi connectivity index (χ1v) is 7.79. The number of nitrogens with one attached hydrogen (secondary N) is 1. The van der Waals surface area contributed by atoms with E-state index in [-0.39, 0.29) is 6.61 Å². The van der Waals surface area contributed by atoms with E-state index >= 15 is 0 Å². The molecule has 0 fully saturated rings. The molecule has 0 amide bonds. The fourth-order valence-corrected chi connectivity index (χ4v) is 3.22. The van der Waals surface area contributed by atoms with E-state index in [9.17, 15) is 0 Å². The van der Waals surface area contributed by atoms with Crippen molar-refractivity contribution < 1.29 is 5.11 Å². The first-order chi connectivity index (χ1) is 10.3. The van der Waals surface area contributed by atoms with Gasteiger partial charge in [0.15, 0.2) is 0 Å². The van der Waals surface area contributed by atoms with Gasteiger partial charge in [0.25, 0.3) is 0 Å². The van der Waals surface area contributed by atoms with Crippen molar-refractivity contribution >= 4 is 11.6 Å². The highest BCUT2D eigenvalue weighted by Gasteiger charge is 2.23. The van der Waals surface area contributed by atoms with E-state index < -0.39 is 0 Å². The lowest BCUT2D eigenvalue weighted by Gasteiger charge is -2.24. The summed E-state index contributed by atoms with van der Waals surface area (Å²) in [6.07, 6.45) is 5.26. The van der Waals surface area contributed by atoms with Gasteiger partial charge >= 0.3 is 0 Å². The number of rotatable bonds is 5. The largest absolute Gasteiger partial charge is 0.394 e. The predicted molar refractivity (Wildman–Crippen MR) is 83.3 cm³/mol. The Balaban J connectivity index is 1.70. The van der Waals surface area contributed by atoms with Gasteiger partial charge in [0.1, 0.15) is 0 Å². The Morgan fingerprint density at radius 2 is 2.33 bits per heavy atom. The zero-order valence-corrected chi connectivity index (χ0v) is 12.7. The Labute approximate surface area is 129 Å². The zero-order valence-electron chi connectivity index (χ0n) is 11.9. The number of aromatic nitrogens is 2. The molecule has 1 aliphatic rings. The Morgan fingerprint density at radius 1 is 1.43 bits per heavy atom. The smallest absolute Gasteiger partial charge is 0.0644 e. The van der Waals surface area contributed by atoms with Crippen LogP contribution in [0.25, 0.3) is 0 Å². The third-order valence-electron chi connectivity index (χ3n) is 4.02. The third-order valence-corrected chi connectivity index (χ3v) is 4.25. The molecule has 1 aromatic carbocycles. The minimum atomic E-state index is 0.134. The average molecular weight is 306 g/mol. The fourth-order valence-electron chi connectivity index (χ4n) is 3.01. The molecule has 3 rings (SSSR count). The minimum Gasteiger partial charge on any atom is -0.394 e. The molecule has 0 saturated heterocycles. The molecule has 0 bridgehead atoms. The molecule has 4 nitrogen and oxygen atoms in total. The maximum Gasteiger partial charge on any atom is 0.0644 e. The summed E-state index contributed by atoms with van der Waals surface area (Å²) in [5.74, 6) is 0. The van der Waals surface area contributed by atoms with Crippen LogP contribution in [0.5, 0.6) is 0 Å². The minimum absolute atomic E-state index is 0.134. The lowest BCUT2D eigenvalue weighted by atomic mass is 9.93. The van der Waals surface area contributed by atoms with Gasteiger partial charge < -0.3 is 10.4 Å². The van der Waals surface area contributed by atoms with Gasteiger partial charge in [-0.15, -0.1) is 0 Å². The molecule has 1 heterocycles. The predicted octanol–water partition coefficient (Wildman–Crippen LogP) is 2.70. The summed E-state index contributed by atoms with van der Waals surface area (Å²) in [6, 6.07) is 8.28. The van der Waals surface area contributed by atoms with E-state index in [0.29, 0.717) is 12.6 Å². The molecule has 21 heavy (non-hydrogen) atoms. The molecule has 1 atom stereocenters. The molecule has 2 aromatic rings. The summed E-state index contributed by atoms with van der Waals surface area (Å²) in [5.41, 5.74) is 3.73. The van der Waals surface area contributed by atoms with Gasteiger partial charge in [0, 0.05) is 28.9 Å². The van der Waals surface area contributed by atoms with Crippen molar-refractivity contribution in [1.29, 1.82) is 0 Å². The van der Waals surface area contributed by atoms with Crippen molar-refractivity contribution in [3.05, 3.63) is 52.3 Å². The van der Waals surface area contributed by atoms with Crippen LogP contribution in [0.2, 0.25) is 5.02 Å². The van der Waals surface area contributed by atoms with Gasteiger partial charge in [-0.05, 0) is 37.0 Å². The number of aliphatic hydroxyl groups excluding tert-OH is 1. The van der Waals surface area contributed by atoms with Gasteiger partial charge in [0.05, 0.1) is 19.3 Å². The van der Waals surface area contributed by atoms with Crippen LogP contribution >= 0.6 is 11.6 Å². The number of nitrogens with zero attached hydrogens (tertiary/aromatic N) is 2. The van der Waals surface area contributed by atoms with Crippen molar-refractivity contribution in [2.75, 3.05) is 6.61 Å². The number of aliphatic hydroxyl groups is 1. The molecule has 0 saturated carbocycles. The topological polar surface area (TPSA) is 50.1 Å². The summed E-state index contributed by atoms with van der Waals surface area (Å²) >= 11 is 6.02. The van der Waals surface area contributed by atoms with Crippen LogP contribution < -0.4 is 5.32 Å². The van der Waals surface area contributed by atoms with E-state index in [1.165, 1.54) is 16.8 Å². The number of hydrogen-bond acceptors (Lipinski definition) is 3. The van der Waals surface area contributed by atoms with E-state index in [0.717, 1.165) is 30.8 Å². The highest BCUT2D eigenvalue weighted by atomic mass is 35.5. The van der Waals surface area contributed by atoms with Crippen molar-refractivity contribution in [3.63, 3.8) is 0 Å². The number of benzene rings is 1. The van der Waals surface area contributed by atoms with Crippen LogP contribution in [0.3, 0.4) is 0 Å². The molecule has 1 aliphatic carbocycles. The van der Waals surface area contributed by atoms with Gasteiger partial charge in [-0.1, -0.05) is 23.7 Å². The second kappa shape index (κ2) is 6.60.